The molecule has 1 aliphatic rings. The lowest BCUT2D eigenvalue weighted by molar-refractivity contribution is 0.171. The quantitative estimate of drug-likeness (QED) is 0.668. The summed E-state index contributed by atoms with van der Waals surface area (Å²) in [6.07, 6.45) is 3.57. The standard InChI is InChI=1S/C16H15BrN4O2S/c17-11-2-1-3-13(10-11)23-12-5-8-20(9-6-12)16-19-21-14(22)4-7-18-15(21)24-16/h1-4,7,10,12H,5-6,8-9H2. The molecule has 0 spiro atoms. The summed E-state index contributed by atoms with van der Waals surface area (Å²) in [6, 6.07) is 9.34. The Balaban J connectivity index is 1.43. The highest BCUT2D eigenvalue weighted by Crippen LogP contribution is 2.27. The van der Waals surface area contributed by atoms with Crippen LogP contribution in [-0.4, -0.2) is 33.8 Å². The minimum atomic E-state index is -0.143. The van der Waals surface area contributed by atoms with Gasteiger partial charge < -0.3 is 9.64 Å². The van der Waals surface area contributed by atoms with E-state index in [0.29, 0.717) is 4.96 Å². The van der Waals surface area contributed by atoms with Crippen molar-refractivity contribution in [2.24, 2.45) is 0 Å². The lowest BCUT2D eigenvalue weighted by Crippen LogP contribution is -2.38. The molecule has 3 heterocycles. The molecule has 2 aromatic heterocycles. The van der Waals surface area contributed by atoms with Crippen molar-refractivity contribution >= 4 is 37.4 Å². The number of ether oxygens (including phenoxy) is 1. The van der Waals surface area contributed by atoms with E-state index in [2.05, 4.69) is 30.9 Å². The van der Waals surface area contributed by atoms with Crippen molar-refractivity contribution < 1.29 is 4.74 Å². The van der Waals surface area contributed by atoms with Crippen LogP contribution in [0.3, 0.4) is 0 Å². The van der Waals surface area contributed by atoms with Gasteiger partial charge in [-0.15, -0.1) is 5.10 Å². The van der Waals surface area contributed by atoms with Crippen molar-refractivity contribution in [3.63, 3.8) is 0 Å². The molecule has 0 saturated carbocycles. The Bertz CT molecular complexity index is 918. The molecule has 124 valence electrons. The number of hydrogen-bond donors (Lipinski definition) is 0. The Morgan fingerprint density at radius 2 is 2.08 bits per heavy atom. The summed E-state index contributed by atoms with van der Waals surface area (Å²) in [5.41, 5.74) is -0.143. The van der Waals surface area contributed by atoms with Gasteiger partial charge in [-0.1, -0.05) is 33.3 Å². The van der Waals surface area contributed by atoms with E-state index < -0.39 is 0 Å². The minimum absolute atomic E-state index is 0.143. The van der Waals surface area contributed by atoms with Crippen LogP contribution >= 0.6 is 27.3 Å². The highest BCUT2D eigenvalue weighted by atomic mass is 79.9. The number of anilines is 1. The highest BCUT2D eigenvalue weighted by Gasteiger charge is 2.23. The number of aromatic nitrogens is 3. The maximum atomic E-state index is 11.8. The number of hydrogen-bond acceptors (Lipinski definition) is 6. The van der Waals surface area contributed by atoms with Crippen LogP contribution in [-0.2, 0) is 0 Å². The van der Waals surface area contributed by atoms with Crippen LogP contribution in [0.15, 0.2) is 45.8 Å². The first kappa shape index (κ1) is 15.6. The van der Waals surface area contributed by atoms with Crippen molar-refractivity contribution in [2.45, 2.75) is 18.9 Å². The zero-order chi connectivity index (χ0) is 16.5. The molecule has 0 bridgehead atoms. The van der Waals surface area contributed by atoms with Gasteiger partial charge in [0.15, 0.2) is 0 Å². The molecule has 0 atom stereocenters. The van der Waals surface area contributed by atoms with Crippen LogP contribution in [0.2, 0.25) is 0 Å². The van der Waals surface area contributed by atoms with E-state index >= 15 is 0 Å². The second-order valence-corrected chi connectivity index (χ2v) is 7.47. The molecule has 4 rings (SSSR count). The Kier molecular flexibility index (Phi) is 4.24. The lowest BCUT2D eigenvalue weighted by Gasteiger charge is -2.31. The zero-order valence-electron chi connectivity index (χ0n) is 12.8. The van der Waals surface area contributed by atoms with Gasteiger partial charge in [-0.2, -0.15) is 4.52 Å². The Morgan fingerprint density at radius 1 is 1.25 bits per heavy atom. The molecule has 0 aliphatic carbocycles. The molecule has 0 N–H and O–H groups in total. The molecule has 8 heteroatoms. The van der Waals surface area contributed by atoms with Crippen molar-refractivity contribution in [3.8, 4) is 5.75 Å². The first-order valence-corrected chi connectivity index (χ1v) is 9.32. The summed E-state index contributed by atoms with van der Waals surface area (Å²) in [5.74, 6) is 0.888. The third-order valence-electron chi connectivity index (χ3n) is 3.97. The van der Waals surface area contributed by atoms with Crippen molar-refractivity contribution in [1.82, 2.24) is 14.6 Å². The number of benzene rings is 1. The SMILES string of the molecule is O=c1ccnc2sc(N3CCC(Oc4cccc(Br)c4)CC3)nn12. The molecule has 0 unspecified atom stereocenters. The van der Waals surface area contributed by atoms with Gasteiger partial charge in [0, 0.05) is 42.7 Å². The first-order valence-electron chi connectivity index (χ1n) is 7.71. The Hall–Kier alpha value is -1.93. The van der Waals surface area contributed by atoms with E-state index in [9.17, 15) is 4.79 Å². The molecule has 1 aromatic carbocycles. The van der Waals surface area contributed by atoms with E-state index in [1.54, 1.807) is 0 Å². The third kappa shape index (κ3) is 3.16. The largest absolute Gasteiger partial charge is 0.490 e. The molecule has 1 fully saturated rings. The number of halogens is 1. The second kappa shape index (κ2) is 6.52. The summed E-state index contributed by atoms with van der Waals surface area (Å²) >= 11 is 4.91. The van der Waals surface area contributed by atoms with E-state index in [0.717, 1.165) is 41.3 Å². The van der Waals surface area contributed by atoms with E-state index in [1.165, 1.54) is 28.1 Å². The molecule has 1 saturated heterocycles. The van der Waals surface area contributed by atoms with Crippen LogP contribution in [0.4, 0.5) is 5.13 Å². The number of nitrogens with zero attached hydrogens (tertiary/aromatic N) is 4. The average Bonchev–Trinajstić information content (AvgIpc) is 3.01. The van der Waals surface area contributed by atoms with Crippen LogP contribution in [0, 0.1) is 0 Å². The smallest absolute Gasteiger partial charge is 0.275 e. The van der Waals surface area contributed by atoms with Crippen molar-refractivity contribution in [2.75, 3.05) is 18.0 Å². The zero-order valence-corrected chi connectivity index (χ0v) is 15.2. The maximum absolute atomic E-state index is 11.8. The fraction of sp³-hybridized carbons (Fsp3) is 0.312. The normalized spacial score (nSPS) is 15.8. The Morgan fingerprint density at radius 3 is 2.83 bits per heavy atom. The fourth-order valence-electron chi connectivity index (χ4n) is 2.76. The minimum Gasteiger partial charge on any atom is -0.490 e. The predicted molar refractivity (Wildman–Crippen MR) is 97.1 cm³/mol. The maximum Gasteiger partial charge on any atom is 0.275 e. The summed E-state index contributed by atoms with van der Waals surface area (Å²) in [6.45, 7) is 1.71. The van der Waals surface area contributed by atoms with Gasteiger partial charge in [-0.3, -0.25) is 4.79 Å². The van der Waals surface area contributed by atoms with Crippen LogP contribution in [0.5, 0.6) is 5.75 Å². The average molecular weight is 407 g/mol. The van der Waals surface area contributed by atoms with Gasteiger partial charge in [0.1, 0.15) is 11.9 Å². The molecule has 24 heavy (non-hydrogen) atoms. The second-order valence-electron chi connectivity index (χ2n) is 5.62. The van der Waals surface area contributed by atoms with Gasteiger partial charge in [-0.25, -0.2) is 4.98 Å². The lowest BCUT2D eigenvalue weighted by atomic mass is 10.1. The number of rotatable bonds is 3. The van der Waals surface area contributed by atoms with Gasteiger partial charge in [-0.05, 0) is 18.2 Å². The van der Waals surface area contributed by atoms with E-state index in [1.807, 2.05) is 24.3 Å². The monoisotopic (exact) mass is 406 g/mol. The molecule has 1 aliphatic heterocycles. The summed E-state index contributed by atoms with van der Waals surface area (Å²) in [5, 5.41) is 5.24. The van der Waals surface area contributed by atoms with Gasteiger partial charge >= 0.3 is 0 Å². The van der Waals surface area contributed by atoms with Crippen LogP contribution in [0.25, 0.3) is 4.96 Å². The van der Waals surface area contributed by atoms with Gasteiger partial charge in [0.25, 0.3) is 5.56 Å². The van der Waals surface area contributed by atoms with E-state index in [4.69, 9.17) is 4.74 Å². The molecule has 3 aromatic rings. The van der Waals surface area contributed by atoms with Crippen LogP contribution in [0.1, 0.15) is 12.8 Å². The summed E-state index contributed by atoms with van der Waals surface area (Å²) in [4.78, 5) is 18.8. The number of fused-ring (bicyclic) bond motifs is 1. The van der Waals surface area contributed by atoms with Crippen LogP contribution < -0.4 is 15.2 Å². The molecular formula is C16H15BrN4O2S. The Labute approximate surface area is 150 Å². The third-order valence-corrected chi connectivity index (χ3v) is 5.45. The molecule has 6 nitrogen and oxygen atoms in total. The van der Waals surface area contributed by atoms with Gasteiger partial charge in [0.2, 0.25) is 10.1 Å². The molecule has 0 radical (unpaired) electrons. The molecule has 0 amide bonds. The number of piperidine rings is 1. The summed E-state index contributed by atoms with van der Waals surface area (Å²) in [7, 11) is 0. The molecular weight excluding hydrogens is 392 g/mol. The summed E-state index contributed by atoms with van der Waals surface area (Å²) < 4.78 is 8.44. The van der Waals surface area contributed by atoms with Gasteiger partial charge in [0.05, 0.1) is 0 Å². The van der Waals surface area contributed by atoms with Crippen molar-refractivity contribution in [1.29, 1.82) is 0 Å². The first-order chi connectivity index (χ1) is 11.7. The van der Waals surface area contributed by atoms with Crippen molar-refractivity contribution in [3.05, 3.63) is 51.4 Å². The fourth-order valence-corrected chi connectivity index (χ4v) is 4.07. The predicted octanol–water partition coefficient (Wildman–Crippen LogP) is 2.96. The topological polar surface area (TPSA) is 59.7 Å². The van der Waals surface area contributed by atoms with E-state index in [-0.39, 0.29) is 11.7 Å². The highest BCUT2D eigenvalue weighted by molar-refractivity contribution is 9.10.